The molecule has 2 heterocycles. The summed E-state index contributed by atoms with van der Waals surface area (Å²) in [4.78, 5) is 16.8. The molecule has 1 aromatic carbocycles. The van der Waals surface area contributed by atoms with Crippen LogP contribution in [0.25, 0.3) is 0 Å². The van der Waals surface area contributed by atoms with Gasteiger partial charge in [0.1, 0.15) is 0 Å². The third kappa shape index (κ3) is 3.36. The minimum Gasteiger partial charge on any atom is -0.335 e. The fourth-order valence-electron chi connectivity index (χ4n) is 3.03. The molecule has 1 aromatic heterocycles. The number of rotatable bonds is 3. The van der Waals surface area contributed by atoms with E-state index in [1.165, 1.54) is 0 Å². The lowest BCUT2D eigenvalue weighted by Crippen LogP contribution is -2.49. The van der Waals surface area contributed by atoms with Crippen LogP contribution in [0.4, 0.5) is 0 Å². The summed E-state index contributed by atoms with van der Waals surface area (Å²) in [7, 11) is 0. The first-order valence-electron chi connectivity index (χ1n) is 7.97. The van der Waals surface area contributed by atoms with Crippen molar-refractivity contribution in [1.82, 2.24) is 20.0 Å². The monoisotopic (exact) mass is 410 g/mol. The van der Waals surface area contributed by atoms with E-state index < -0.39 is 0 Å². The Labute approximate surface area is 155 Å². The van der Waals surface area contributed by atoms with E-state index in [0.29, 0.717) is 18.8 Å². The number of halogens is 2. The molecule has 1 unspecified atom stereocenters. The molecule has 5 nitrogen and oxygen atoms in total. The Morgan fingerprint density at radius 3 is 2.54 bits per heavy atom. The molecule has 3 rings (SSSR count). The Bertz CT molecular complexity index is 740. The summed E-state index contributed by atoms with van der Waals surface area (Å²) in [5.41, 5.74) is 2.45. The number of carbonyl (C=O) groups is 1. The van der Waals surface area contributed by atoms with Gasteiger partial charge < -0.3 is 4.90 Å². The molecule has 1 fully saturated rings. The number of hydrogen-bond donors (Lipinski definition) is 1. The maximum absolute atomic E-state index is 12.6. The predicted molar refractivity (Wildman–Crippen MR) is 98.4 cm³/mol. The average molecular weight is 412 g/mol. The number of aromatic amines is 1. The van der Waals surface area contributed by atoms with Crippen molar-refractivity contribution in [2.75, 3.05) is 26.2 Å². The molecule has 0 radical (unpaired) electrons. The van der Waals surface area contributed by atoms with Crippen LogP contribution in [0.2, 0.25) is 5.02 Å². The summed E-state index contributed by atoms with van der Waals surface area (Å²) in [6.07, 6.45) is 0. The first kappa shape index (κ1) is 17.5. The van der Waals surface area contributed by atoms with Crippen LogP contribution >= 0.6 is 27.5 Å². The third-order valence-electron chi connectivity index (χ3n) is 4.58. The molecule has 0 spiro atoms. The van der Waals surface area contributed by atoms with Crippen molar-refractivity contribution >= 4 is 33.4 Å². The van der Waals surface area contributed by atoms with Gasteiger partial charge >= 0.3 is 0 Å². The quantitative estimate of drug-likeness (QED) is 0.839. The number of benzene rings is 1. The van der Waals surface area contributed by atoms with Crippen LogP contribution in [0.1, 0.15) is 34.7 Å². The minimum atomic E-state index is -0.0312. The third-order valence-corrected chi connectivity index (χ3v) is 5.89. The second kappa shape index (κ2) is 7.25. The van der Waals surface area contributed by atoms with E-state index in [1.807, 2.05) is 30.0 Å². The number of nitrogens with zero attached hydrogens (tertiary/aromatic N) is 3. The van der Waals surface area contributed by atoms with Crippen LogP contribution in [0, 0.1) is 6.92 Å². The summed E-state index contributed by atoms with van der Waals surface area (Å²) in [5.74, 6) is -0.0312. The molecule has 0 aliphatic carbocycles. The van der Waals surface area contributed by atoms with Crippen molar-refractivity contribution in [3.05, 3.63) is 50.7 Å². The van der Waals surface area contributed by atoms with Crippen molar-refractivity contribution in [3.8, 4) is 0 Å². The van der Waals surface area contributed by atoms with Crippen molar-refractivity contribution in [1.29, 1.82) is 0 Å². The molecule has 7 heteroatoms. The van der Waals surface area contributed by atoms with Crippen molar-refractivity contribution in [2.24, 2.45) is 0 Å². The van der Waals surface area contributed by atoms with Gasteiger partial charge in [-0.2, -0.15) is 5.10 Å². The largest absolute Gasteiger partial charge is 0.335 e. The van der Waals surface area contributed by atoms with Crippen LogP contribution in [0.3, 0.4) is 0 Å². The van der Waals surface area contributed by atoms with Gasteiger partial charge in [-0.25, -0.2) is 0 Å². The van der Waals surface area contributed by atoms with E-state index in [0.717, 1.165) is 33.8 Å². The lowest BCUT2D eigenvalue weighted by molar-refractivity contribution is 0.0576. The highest BCUT2D eigenvalue weighted by atomic mass is 79.9. The van der Waals surface area contributed by atoms with Gasteiger partial charge in [0.25, 0.3) is 5.91 Å². The zero-order chi connectivity index (χ0) is 17.3. The molecule has 1 atom stereocenters. The molecule has 2 aromatic rings. The number of aromatic nitrogens is 2. The summed E-state index contributed by atoms with van der Waals surface area (Å²) >= 11 is 9.73. The van der Waals surface area contributed by atoms with Crippen molar-refractivity contribution in [2.45, 2.75) is 19.9 Å². The second-order valence-corrected chi connectivity index (χ2v) is 7.24. The number of nitrogens with one attached hydrogen (secondary N) is 1. The Balaban J connectivity index is 1.64. The highest BCUT2D eigenvalue weighted by Gasteiger charge is 2.28. The first-order chi connectivity index (χ1) is 11.5. The second-order valence-electron chi connectivity index (χ2n) is 6.04. The van der Waals surface area contributed by atoms with Gasteiger partial charge in [-0.15, -0.1) is 0 Å². The summed E-state index contributed by atoms with van der Waals surface area (Å²) in [6, 6.07) is 8.17. The average Bonchev–Trinajstić information content (AvgIpc) is 2.93. The summed E-state index contributed by atoms with van der Waals surface area (Å²) < 4.78 is 0.749. The normalized spacial score (nSPS) is 17.1. The molecule has 128 valence electrons. The Kier molecular flexibility index (Phi) is 5.27. The lowest BCUT2D eigenvalue weighted by atomic mass is 10.1. The SMILES string of the molecule is Cc1[nH]nc(C(=O)N2CCN(C(C)c3ccccc3Cl)CC2)c1Br. The molecular weight excluding hydrogens is 392 g/mol. The van der Waals surface area contributed by atoms with Gasteiger partial charge in [0, 0.05) is 42.9 Å². The Morgan fingerprint density at radius 2 is 1.96 bits per heavy atom. The van der Waals surface area contributed by atoms with Crippen LogP contribution in [0.5, 0.6) is 0 Å². The fraction of sp³-hybridized carbons (Fsp3) is 0.412. The van der Waals surface area contributed by atoms with Gasteiger partial charge in [-0.1, -0.05) is 29.8 Å². The van der Waals surface area contributed by atoms with Crippen LogP contribution in [0.15, 0.2) is 28.7 Å². The smallest absolute Gasteiger partial charge is 0.275 e. The zero-order valence-corrected chi connectivity index (χ0v) is 16.1. The van der Waals surface area contributed by atoms with Crippen LogP contribution in [-0.2, 0) is 0 Å². The maximum atomic E-state index is 12.6. The number of H-pyrrole nitrogens is 1. The van der Waals surface area contributed by atoms with E-state index in [2.05, 4.69) is 44.0 Å². The molecule has 1 N–H and O–H groups in total. The van der Waals surface area contributed by atoms with E-state index in [1.54, 1.807) is 0 Å². The van der Waals surface area contributed by atoms with Crippen LogP contribution in [-0.4, -0.2) is 52.1 Å². The highest BCUT2D eigenvalue weighted by Crippen LogP contribution is 2.28. The summed E-state index contributed by atoms with van der Waals surface area (Å²) in [6.45, 7) is 7.06. The van der Waals surface area contributed by atoms with Gasteiger partial charge in [0.15, 0.2) is 5.69 Å². The molecule has 24 heavy (non-hydrogen) atoms. The fourth-order valence-corrected chi connectivity index (χ4v) is 3.67. The molecular formula is C17H20BrClN4O. The van der Waals surface area contributed by atoms with E-state index >= 15 is 0 Å². The van der Waals surface area contributed by atoms with Gasteiger partial charge in [-0.3, -0.25) is 14.8 Å². The molecule has 0 saturated carbocycles. The Morgan fingerprint density at radius 1 is 1.29 bits per heavy atom. The van der Waals surface area contributed by atoms with Gasteiger partial charge in [0.05, 0.1) is 4.47 Å². The number of carbonyl (C=O) groups excluding carboxylic acids is 1. The molecule has 1 aliphatic rings. The van der Waals surface area contributed by atoms with Gasteiger partial charge in [-0.05, 0) is 41.4 Å². The number of hydrogen-bond acceptors (Lipinski definition) is 3. The van der Waals surface area contributed by atoms with E-state index in [4.69, 9.17) is 11.6 Å². The minimum absolute atomic E-state index is 0.0312. The zero-order valence-electron chi connectivity index (χ0n) is 13.7. The summed E-state index contributed by atoms with van der Waals surface area (Å²) in [5, 5.41) is 7.74. The van der Waals surface area contributed by atoms with E-state index in [9.17, 15) is 4.79 Å². The number of amides is 1. The molecule has 0 bridgehead atoms. The molecule has 1 aliphatic heterocycles. The molecule has 1 saturated heterocycles. The predicted octanol–water partition coefficient (Wildman–Crippen LogP) is 3.65. The van der Waals surface area contributed by atoms with Crippen LogP contribution < -0.4 is 0 Å². The first-order valence-corrected chi connectivity index (χ1v) is 9.14. The topological polar surface area (TPSA) is 52.2 Å². The number of aryl methyl sites for hydroxylation is 1. The van der Waals surface area contributed by atoms with Gasteiger partial charge in [0.2, 0.25) is 0 Å². The number of piperazine rings is 1. The maximum Gasteiger partial charge on any atom is 0.275 e. The van der Waals surface area contributed by atoms with Crippen molar-refractivity contribution in [3.63, 3.8) is 0 Å². The Hall–Kier alpha value is -1.37. The standard InChI is InChI=1S/C17H20BrClN4O/c1-11-15(18)16(21-20-11)17(24)23-9-7-22(8-10-23)12(2)13-5-3-4-6-14(13)19/h3-6,12H,7-10H2,1-2H3,(H,20,21). The lowest BCUT2D eigenvalue weighted by Gasteiger charge is -2.38. The van der Waals surface area contributed by atoms with E-state index in [-0.39, 0.29) is 11.9 Å². The van der Waals surface area contributed by atoms with Crippen molar-refractivity contribution < 1.29 is 4.79 Å². The molecule has 1 amide bonds. The highest BCUT2D eigenvalue weighted by molar-refractivity contribution is 9.10.